The van der Waals surface area contributed by atoms with Crippen LogP contribution in [0.15, 0.2) is 0 Å². The number of rotatable bonds is 15. The monoisotopic (exact) mass is 432 g/mol. The molecule has 0 aromatic rings. The number of hydrogen-bond donors (Lipinski definition) is 8. The number of unbranched alkanes of at least 4 members (excludes halogenated alkanes) is 1. The Balaban J connectivity index is 5.40. The van der Waals surface area contributed by atoms with Crippen LogP contribution in [-0.4, -0.2) is 77.0 Å². The van der Waals surface area contributed by atoms with Crippen molar-refractivity contribution in [3.63, 3.8) is 0 Å². The Morgan fingerprint density at radius 2 is 1.33 bits per heavy atom. The lowest BCUT2D eigenvalue weighted by atomic mass is 10.1. The highest BCUT2D eigenvalue weighted by atomic mass is 16.4. The molecule has 0 aliphatic heterocycles. The number of carboxylic acids is 2. The lowest BCUT2D eigenvalue weighted by Gasteiger charge is -2.23. The Morgan fingerprint density at radius 3 is 1.80 bits per heavy atom. The molecule has 14 nitrogen and oxygen atoms in total. The minimum absolute atomic E-state index is 0.0440. The van der Waals surface area contributed by atoms with Gasteiger partial charge in [-0.3, -0.25) is 24.0 Å². The van der Waals surface area contributed by atoms with Crippen LogP contribution in [0.2, 0.25) is 0 Å². The third kappa shape index (κ3) is 10.9. The van der Waals surface area contributed by atoms with Gasteiger partial charge in [-0.15, -0.1) is 0 Å². The summed E-state index contributed by atoms with van der Waals surface area (Å²) in [5.41, 5.74) is 15.6. The van der Waals surface area contributed by atoms with Gasteiger partial charge in [-0.25, -0.2) is 4.79 Å². The van der Waals surface area contributed by atoms with Gasteiger partial charge in [-0.1, -0.05) is 0 Å². The van der Waals surface area contributed by atoms with Gasteiger partial charge in [0.25, 0.3) is 0 Å². The number of nitrogens with one attached hydrogen (secondary N) is 3. The second-order valence-corrected chi connectivity index (χ2v) is 6.34. The normalized spacial score (nSPS) is 13.4. The molecule has 0 aromatic carbocycles. The van der Waals surface area contributed by atoms with Crippen molar-refractivity contribution >= 4 is 35.6 Å². The number of primary amides is 1. The summed E-state index contributed by atoms with van der Waals surface area (Å²) in [4.78, 5) is 69.6. The van der Waals surface area contributed by atoms with Crippen LogP contribution in [0.25, 0.3) is 0 Å². The Bertz CT molecular complexity index is 656. The fourth-order valence-electron chi connectivity index (χ4n) is 2.34. The van der Waals surface area contributed by atoms with E-state index in [9.17, 15) is 28.8 Å². The molecule has 0 aromatic heterocycles. The van der Waals surface area contributed by atoms with E-state index in [1.165, 1.54) is 0 Å². The Morgan fingerprint density at radius 1 is 0.767 bits per heavy atom. The van der Waals surface area contributed by atoms with E-state index in [0.29, 0.717) is 19.4 Å². The van der Waals surface area contributed by atoms with E-state index < -0.39 is 73.1 Å². The largest absolute Gasteiger partial charge is 0.481 e. The van der Waals surface area contributed by atoms with E-state index in [-0.39, 0.29) is 6.42 Å². The lowest BCUT2D eigenvalue weighted by Crippen LogP contribution is -2.57. The predicted octanol–water partition coefficient (Wildman–Crippen LogP) is -4.04. The summed E-state index contributed by atoms with van der Waals surface area (Å²) in [6.45, 7) is -0.158. The van der Waals surface area contributed by atoms with Gasteiger partial charge in [0.15, 0.2) is 0 Å². The molecule has 0 aliphatic carbocycles. The number of aliphatic carboxylic acids is 2. The van der Waals surface area contributed by atoms with Crippen LogP contribution < -0.4 is 33.2 Å². The molecular weight excluding hydrogens is 404 g/mol. The standard InChI is InChI=1S/C16H28N6O8/c17-4-2-1-3-8(14(27)22-10(16(29)30)6-13(25)26)21-15(28)9(5-11(19)23)20-12(24)7-18/h8-10H,1-7,17-18H2,(H2,19,23)(H,20,24)(H,21,28)(H,22,27)(H,25,26)(H,29,30). The number of carbonyl (C=O) groups excluding carboxylic acids is 4. The molecule has 0 bridgehead atoms. The fraction of sp³-hybridized carbons (Fsp3) is 0.625. The lowest BCUT2D eigenvalue weighted by molar-refractivity contribution is -0.147. The van der Waals surface area contributed by atoms with E-state index in [1.54, 1.807) is 0 Å². The van der Waals surface area contributed by atoms with Crippen molar-refractivity contribution in [3.8, 4) is 0 Å². The summed E-state index contributed by atoms with van der Waals surface area (Å²) in [7, 11) is 0. The molecular formula is C16H28N6O8. The molecule has 0 rings (SSSR count). The first-order chi connectivity index (χ1) is 14.0. The molecule has 11 N–H and O–H groups in total. The second-order valence-electron chi connectivity index (χ2n) is 6.34. The molecule has 0 aliphatic rings. The average molecular weight is 432 g/mol. The minimum Gasteiger partial charge on any atom is -0.481 e. The molecule has 3 atom stereocenters. The van der Waals surface area contributed by atoms with Gasteiger partial charge in [-0.05, 0) is 25.8 Å². The summed E-state index contributed by atoms with van der Waals surface area (Å²) >= 11 is 0. The SMILES string of the molecule is NCCCCC(NC(=O)C(CC(N)=O)NC(=O)CN)C(=O)NC(CC(=O)O)C(=O)O. The van der Waals surface area contributed by atoms with Crippen LogP contribution in [0.4, 0.5) is 0 Å². The summed E-state index contributed by atoms with van der Waals surface area (Å²) < 4.78 is 0. The van der Waals surface area contributed by atoms with Crippen molar-refractivity contribution < 1.29 is 39.0 Å². The maximum absolute atomic E-state index is 12.5. The van der Waals surface area contributed by atoms with Crippen molar-refractivity contribution in [2.45, 2.75) is 50.2 Å². The van der Waals surface area contributed by atoms with Gasteiger partial charge in [-0.2, -0.15) is 0 Å². The van der Waals surface area contributed by atoms with E-state index >= 15 is 0 Å². The molecule has 3 unspecified atom stereocenters. The number of hydrogen-bond acceptors (Lipinski definition) is 8. The van der Waals surface area contributed by atoms with Gasteiger partial charge >= 0.3 is 11.9 Å². The maximum Gasteiger partial charge on any atom is 0.326 e. The van der Waals surface area contributed by atoms with E-state index in [1.807, 2.05) is 5.32 Å². The fourth-order valence-corrected chi connectivity index (χ4v) is 2.34. The molecule has 0 radical (unpaired) electrons. The van der Waals surface area contributed by atoms with Crippen LogP contribution in [0.5, 0.6) is 0 Å². The quantitative estimate of drug-likeness (QED) is 0.116. The van der Waals surface area contributed by atoms with Crippen LogP contribution in [-0.2, 0) is 28.8 Å². The van der Waals surface area contributed by atoms with Crippen LogP contribution in [0.3, 0.4) is 0 Å². The molecule has 0 fully saturated rings. The zero-order valence-electron chi connectivity index (χ0n) is 16.3. The maximum atomic E-state index is 12.5. The highest BCUT2D eigenvalue weighted by Gasteiger charge is 2.30. The van der Waals surface area contributed by atoms with Crippen molar-refractivity contribution in [1.29, 1.82) is 0 Å². The van der Waals surface area contributed by atoms with Gasteiger partial charge in [0.1, 0.15) is 18.1 Å². The molecule has 0 saturated heterocycles. The third-order valence-electron chi connectivity index (χ3n) is 3.82. The topological polar surface area (TPSA) is 257 Å². The molecule has 30 heavy (non-hydrogen) atoms. The Kier molecular flexibility index (Phi) is 12.3. The molecule has 14 heteroatoms. The van der Waals surface area contributed by atoms with Crippen molar-refractivity contribution in [2.75, 3.05) is 13.1 Å². The number of carbonyl (C=O) groups is 6. The van der Waals surface area contributed by atoms with E-state index in [2.05, 4.69) is 10.6 Å². The molecule has 0 spiro atoms. The number of carboxylic acid groups (broad SMARTS) is 2. The highest BCUT2D eigenvalue weighted by Crippen LogP contribution is 2.04. The van der Waals surface area contributed by atoms with Gasteiger partial charge in [0.2, 0.25) is 23.6 Å². The number of nitrogens with two attached hydrogens (primary N) is 3. The second kappa shape index (κ2) is 13.8. The number of amides is 4. The van der Waals surface area contributed by atoms with Crippen molar-refractivity contribution in [2.24, 2.45) is 17.2 Å². The van der Waals surface area contributed by atoms with Gasteiger partial charge in [0, 0.05) is 0 Å². The highest BCUT2D eigenvalue weighted by molar-refractivity contribution is 5.96. The smallest absolute Gasteiger partial charge is 0.326 e. The zero-order valence-corrected chi connectivity index (χ0v) is 16.3. The van der Waals surface area contributed by atoms with Gasteiger partial charge in [0.05, 0.1) is 19.4 Å². The first kappa shape index (κ1) is 26.7. The van der Waals surface area contributed by atoms with Gasteiger partial charge < -0.3 is 43.4 Å². The van der Waals surface area contributed by atoms with E-state index in [4.69, 9.17) is 27.4 Å². The van der Waals surface area contributed by atoms with Crippen molar-refractivity contribution in [1.82, 2.24) is 16.0 Å². The van der Waals surface area contributed by atoms with Crippen LogP contribution in [0, 0.1) is 0 Å². The van der Waals surface area contributed by atoms with Crippen molar-refractivity contribution in [3.05, 3.63) is 0 Å². The van der Waals surface area contributed by atoms with E-state index in [0.717, 1.165) is 0 Å². The summed E-state index contributed by atoms with van der Waals surface area (Å²) in [6.07, 6.45) is -0.526. The average Bonchev–Trinajstić information content (AvgIpc) is 2.65. The third-order valence-corrected chi connectivity index (χ3v) is 3.82. The zero-order chi connectivity index (χ0) is 23.3. The van der Waals surface area contributed by atoms with Crippen LogP contribution in [0.1, 0.15) is 32.1 Å². The Hall–Kier alpha value is -3.26. The molecule has 170 valence electrons. The first-order valence-corrected chi connectivity index (χ1v) is 9.04. The summed E-state index contributed by atoms with van der Waals surface area (Å²) in [5, 5.41) is 24.4. The predicted molar refractivity (Wildman–Crippen MR) is 101 cm³/mol. The summed E-state index contributed by atoms with van der Waals surface area (Å²) in [6, 6.07) is -4.40. The first-order valence-electron chi connectivity index (χ1n) is 9.04. The summed E-state index contributed by atoms with van der Waals surface area (Å²) in [5.74, 6) is -6.53. The Labute approximate surface area is 171 Å². The minimum atomic E-state index is -1.72. The molecule has 0 heterocycles. The molecule has 4 amide bonds. The molecule has 0 saturated carbocycles. The van der Waals surface area contributed by atoms with Crippen LogP contribution >= 0.6 is 0 Å².